The highest BCUT2D eigenvalue weighted by Crippen LogP contribution is 1.98. The van der Waals surface area contributed by atoms with Crippen molar-refractivity contribution >= 4 is 5.97 Å². The highest BCUT2D eigenvalue weighted by Gasteiger charge is 2.13. The van der Waals surface area contributed by atoms with Gasteiger partial charge in [-0.25, -0.2) is 0 Å². The molecule has 0 amide bonds. The standard InChI is InChI=1S/C11H24N2O2/c1-5-13(6-2)8-7-12(4)9-10(3)11(14)15/h10H,5-9H2,1-4H3,(H,14,15). The Morgan fingerprint density at radius 2 is 1.80 bits per heavy atom. The van der Waals surface area contributed by atoms with E-state index in [1.807, 2.05) is 7.05 Å². The van der Waals surface area contributed by atoms with Crippen molar-refractivity contribution < 1.29 is 9.90 Å². The summed E-state index contributed by atoms with van der Waals surface area (Å²) in [6.45, 7) is 10.7. The summed E-state index contributed by atoms with van der Waals surface area (Å²) in [7, 11) is 1.98. The molecule has 4 nitrogen and oxygen atoms in total. The molecule has 0 aromatic carbocycles. The maximum atomic E-state index is 10.6. The average Bonchev–Trinajstić information content (AvgIpc) is 2.19. The fraction of sp³-hybridized carbons (Fsp3) is 0.909. The monoisotopic (exact) mass is 216 g/mol. The van der Waals surface area contributed by atoms with Crippen LogP contribution in [0, 0.1) is 5.92 Å². The van der Waals surface area contributed by atoms with Crippen molar-refractivity contribution in [1.29, 1.82) is 0 Å². The molecule has 90 valence electrons. The van der Waals surface area contributed by atoms with Gasteiger partial charge in [0.15, 0.2) is 0 Å². The van der Waals surface area contributed by atoms with E-state index >= 15 is 0 Å². The van der Waals surface area contributed by atoms with E-state index in [9.17, 15) is 4.79 Å². The zero-order valence-electron chi connectivity index (χ0n) is 10.4. The zero-order valence-corrected chi connectivity index (χ0v) is 10.4. The smallest absolute Gasteiger partial charge is 0.307 e. The Bertz CT molecular complexity index is 181. The zero-order chi connectivity index (χ0) is 11.8. The van der Waals surface area contributed by atoms with Gasteiger partial charge < -0.3 is 14.9 Å². The van der Waals surface area contributed by atoms with Gasteiger partial charge in [-0.3, -0.25) is 4.79 Å². The number of carboxylic acids is 1. The van der Waals surface area contributed by atoms with E-state index in [0.29, 0.717) is 6.54 Å². The van der Waals surface area contributed by atoms with Crippen LogP contribution in [-0.4, -0.2) is 60.6 Å². The summed E-state index contributed by atoms with van der Waals surface area (Å²) in [4.78, 5) is 15.1. The van der Waals surface area contributed by atoms with Crippen molar-refractivity contribution in [2.75, 3.05) is 39.8 Å². The normalized spacial score (nSPS) is 13.5. The van der Waals surface area contributed by atoms with Crippen molar-refractivity contribution in [3.05, 3.63) is 0 Å². The molecule has 0 saturated heterocycles. The molecule has 0 radical (unpaired) electrons. The summed E-state index contributed by atoms with van der Waals surface area (Å²) in [5, 5.41) is 8.76. The fourth-order valence-electron chi connectivity index (χ4n) is 1.49. The molecule has 1 N–H and O–H groups in total. The maximum Gasteiger partial charge on any atom is 0.307 e. The average molecular weight is 216 g/mol. The number of aliphatic carboxylic acids is 1. The number of hydrogen-bond donors (Lipinski definition) is 1. The number of hydrogen-bond acceptors (Lipinski definition) is 3. The lowest BCUT2D eigenvalue weighted by Crippen LogP contribution is -2.36. The van der Waals surface area contributed by atoms with Gasteiger partial charge in [0.25, 0.3) is 0 Å². The third-order valence-electron chi connectivity index (χ3n) is 2.70. The van der Waals surface area contributed by atoms with Crippen molar-refractivity contribution in [2.24, 2.45) is 5.92 Å². The van der Waals surface area contributed by atoms with Crippen LogP contribution in [-0.2, 0) is 4.79 Å². The maximum absolute atomic E-state index is 10.6. The molecule has 4 heteroatoms. The van der Waals surface area contributed by atoms with E-state index in [1.54, 1.807) is 6.92 Å². The van der Waals surface area contributed by atoms with E-state index in [4.69, 9.17) is 5.11 Å². The summed E-state index contributed by atoms with van der Waals surface area (Å²) in [5.74, 6) is -1.00. The molecular formula is C11H24N2O2. The number of rotatable bonds is 8. The second-order valence-corrected chi connectivity index (χ2v) is 4.03. The summed E-state index contributed by atoms with van der Waals surface area (Å²) in [6.07, 6.45) is 0. The fourth-order valence-corrected chi connectivity index (χ4v) is 1.49. The van der Waals surface area contributed by atoms with Crippen molar-refractivity contribution in [3.63, 3.8) is 0 Å². The minimum absolute atomic E-state index is 0.285. The summed E-state index contributed by atoms with van der Waals surface area (Å²) < 4.78 is 0. The predicted molar refractivity (Wildman–Crippen MR) is 62.1 cm³/mol. The van der Waals surface area contributed by atoms with Gasteiger partial charge in [-0.15, -0.1) is 0 Å². The highest BCUT2D eigenvalue weighted by atomic mass is 16.4. The second-order valence-electron chi connectivity index (χ2n) is 4.03. The van der Waals surface area contributed by atoms with Gasteiger partial charge in [0.1, 0.15) is 0 Å². The van der Waals surface area contributed by atoms with E-state index in [1.165, 1.54) is 0 Å². The molecule has 0 aliphatic rings. The molecular weight excluding hydrogens is 192 g/mol. The number of carbonyl (C=O) groups is 1. The van der Waals surface area contributed by atoms with Crippen LogP contribution in [0.4, 0.5) is 0 Å². The first-order valence-electron chi connectivity index (χ1n) is 5.64. The van der Waals surface area contributed by atoms with Crippen LogP contribution in [0.2, 0.25) is 0 Å². The van der Waals surface area contributed by atoms with Crippen molar-refractivity contribution in [1.82, 2.24) is 9.80 Å². The predicted octanol–water partition coefficient (Wildman–Crippen LogP) is 0.981. The molecule has 1 atom stereocenters. The highest BCUT2D eigenvalue weighted by molar-refractivity contribution is 5.69. The summed E-state index contributed by atoms with van der Waals surface area (Å²) in [6, 6.07) is 0. The van der Waals surface area contributed by atoms with E-state index in [-0.39, 0.29) is 5.92 Å². The van der Waals surface area contributed by atoms with Gasteiger partial charge in [-0.05, 0) is 20.1 Å². The lowest BCUT2D eigenvalue weighted by atomic mass is 10.2. The Balaban J connectivity index is 3.73. The third-order valence-corrected chi connectivity index (χ3v) is 2.70. The third kappa shape index (κ3) is 6.47. The van der Waals surface area contributed by atoms with E-state index < -0.39 is 5.97 Å². The van der Waals surface area contributed by atoms with E-state index in [0.717, 1.165) is 26.2 Å². The Kier molecular flexibility index (Phi) is 7.34. The van der Waals surface area contributed by atoms with Crippen LogP contribution in [0.15, 0.2) is 0 Å². The van der Waals surface area contributed by atoms with Crippen LogP contribution in [0.25, 0.3) is 0 Å². The largest absolute Gasteiger partial charge is 0.481 e. The Hall–Kier alpha value is -0.610. The number of likely N-dealkylation sites (N-methyl/N-ethyl adjacent to an activating group) is 2. The van der Waals surface area contributed by atoms with Crippen LogP contribution < -0.4 is 0 Å². The van der Waals surface area contributed by atoms with Gasteiger partial charge in [-0.1, -0.05) is 20.8 Å². The topological polar surface area (TPSA) is 43.8 Å². The van der Waals surface area contributed by atoms with E-state index in [2.05, 4.69) is 23.6 Å². The molecule has 0 heterocycles. The number of nitrogens with zero attached hydrogens (tertiary/aromatic N) is 2. The molecule has 0 fully saturated rings. The molecule has 0 aliphatic carbocycles. The molecule has 0 bridgehead atoms. The minimum Gasteiger partial charge on any atom is -0.481 e. The lowest BCUT2D eigenvalue weighted by Gasteiger charge is -2.24. The van der Waals surface area contributed by atoms with Gasteiger partial charge in [-0.2, -0.15) is 0 Å². The first-order chi connectivity index (χ1) is 7.01. The van der Waals surface area contributed by atoms with Crippen LogP contribution >= 0.6 is 0 Å². The molecule has 0 aromatic rings. The van der Waals surface area contributed by atoms with Gasteiger partial charge in [0, 0.05) is 19.6 Å². The number of carboxylic acid groups (broad SMARTS) is 1. The first kappa shape index (κ1) is 14.4. The quantitative estimate of drug-likeness (QED) is 0.657. The molecule has 0 spiro atoms. The first-order valence-corrected chi connectivity index (χ1v) is 5.64. The molecule has 0 aliphatic heterocycles. The van der Waals surface area contributed by atoms with Gasteiger partial charge in [0.2, 0.25) is 0 Å². The van der Waals surface area contributed by atoms with Crippen LogP contribution in [0.1, 0.15) is 20.8 Å². The lowest BCUT2D eigenvalue weighted by molar-refractivity contribution is -0.141. The van der Waals surface area contributed by atoms with Crippen molar-refractivity contribution in [2.45, 2.75) is 20.8 Å². The molecule has 0 aromatic heterocycles. The molecule has 15 heavy (non-hydrogen) atoms. The van der Waals surface area contributed by atoms with Crippen molar-refractivity contribution in [3.8, 4) is 0 Å². The Labute approximate surface area is 92.9 Å². The summed E-state index contributed by atoms with van der Waals surface area (Å²) in [5.41, 5.74) is 0. The Morgan fingerprint density at radius 1 is 1.27 bits per heavy atom. The molecule has 0 saturated carbocycles. The molecule has 0 rings (SSSR count). The Morgan fingerprint density at radius 3 is 2.20 bits per heavy atom. The van der Waals surface area contributed by atoms with Gasteiger partial charge >= 0.3 is 5.97 Å². The van der Waals surface area contributed by atoms with Gasteiger partial charge in [0.05, 0.1) is 5.92 Å². The minimum atomic E-state index is -0.718. The molecule has 1 unspecified atom stereocenters. The van der Waals surface area contributed by atoms with Crippen LogP contribution in [0.5, 0.6) is 0 Å². The SMILES string of the molecule is CCN(CC)CCN(C)CC(C)C(=O)O. The second kappa shape index (κ2) is 7.65. The van der Waals surface area contributed by atoms with Crippen LogP contribution in [0.3, 0.4) is 0 Å². The summed E-state index contributed by atoms with van der Waals surface area (Å²) >= 11 is 0.